The summed E-state index contributed by atoms with van der Waals surface area (Å²) in [6.45, 7) is 3.24. The molecule has 2 amide bonds. The molecule has 2 N–H and O–H groups in total. The van der Waals surface area contributed by atoms with Gasteiger partial charge in [-0.05, 0) is 13.3 Å². The number of nitrogens with zero attached hydrogens (tertiary/aromatic N) is 2. The molecule has 6 nitrogen and oxygen atoms in total. The predicted molar refractivity (Wildman–Crippen MR) is 84.8 cm³/mol. The zero-order chi connectivity index (χ0) is 15.5. The second-order valence-corrected chi connectivity index (χ2v) is 5.47. The number of aromatic nitrogens is 2. The summed E-state index contributed by atoms with van der Waals surface area (Å²) in [5, 5.41) is 10.3. The van der Waals surface area contributed by atoms with E-state index in [9.17, 15) is 4.79 Å². The third-order valence-corrected chi connectivity index (χ3v) is 3.83. The molecule has 1 aromatic heterocycles. The van der Waals surface area contributed by atoms with Crippen molar-refractivity contribution in [2.75, 3.05) is 18.5 Å². The lowest BCUT2D eigenvalue weighted by Crippen LogP contribution is -2.38. The minimum Gasteiger partial charge on any atom is -0.379 e. The van der Waals surface area contributed by atoms with Crippen LogP contribution in [0, 0.1) is 6.92 Å². The molecule has 1 fully saturated rings. The van der Waals surface area contributed by atoms with Gasteiger partial charge in [0.2, 0.25) is 0 Å². The number of anilines is 1. The van der Waals surface area contributed by atoms with Crippen molar-refractivity contribution in [3.63, 3.8) is 0 Å². The van der Waals surface area contributed by atoms with Crippen molar-refractivity contribution in [2.45, 2.75) is 19.4 Å². The van der Waals surface area contributed by atoms with E-state index >= 15 is 0 Å². The van der Waals surface area contributed by atoms with Gasteiger partial charge in [0.25, 0.3) is 0 Å². The lowest BCUT2D eigenvalue weighted by Gasteiger charge is -2.12. The summed E-state index contributed by atoms with van der Waals surface area (Å²) in [7, 11) is 1.83. The fourth-order valence-corrected chi connectivity index (χ4v) is 2.65. The monoisotopic (exact) mass is 300 g/mol. The zero-order valence-corrected chi connectivity index (χ0v) is 12.8. The first kappa shape index (κ1) is 14.6. The van der Waals surface area contributed by atoms with Gasteiger partial charge in [-0.3, -0.25) is 10.00 Å². The van der Waals surface area contributed by atoms with Crippen LogP contribution < -0.4 is 10.6 Å². The van der Waals surface area contributed by atoms with Gasteiger partial charge >= 0.3 is 6.03 Å². The van der Waals surface area contributed by atoms with Gasteiger partial charge < -0.3 is 10.1 Å². The highest BCUT2D eigenvalue weighted by atomic mass is 16.5. The molecule has 116 valence electrons. The second-order valence-electron chi connectivity index (χ2n) is 5.47. The van der Waals surface area contributed by atoms with Gasteiger partial charge in [-0.2, -0.15) is 5.10 Å². The average molecular weight is 300 g/mol. The number of hydrogen-bond acceptors (Lipinski definition) is 3. The predicted octanol–water partition coefficient (Wildman–Crippen LogP) is 2.31. The third-order valence-electron chi connectivity index (χ3n) is 3.83. The topological polar surface area (TPSA) is 68.2 Å². The smallest absolute Gasteiger partial charge is 0.320 e. The maximum absolute atomic E-state index is 12.1. The van der Waals surface area contributed by atoms with Crippen LogP contribution in [0.25, 0.3) is 11.3 Å². The van der Waals surface area contributed by atoms with E-state index in [1.165, 1.54) is 0 Å². The molecule has 1 saturated heterocycles. The molecule has 0 radical (unpaired) electrons. The number of nitrogens with one attached hydrogen (secondary N) is 2. The van der Waals surface area contributed by atoms with E-state index in [0.717, 1.165) is 23.2 Å². The molecule has 2 aromatic rings. The highest BCUT2D eigenvalue weighted by molar-refractivity contribution is 5.90. The molecule has 0 aliphatic carbocycles. The first-order valence-corrected chi connectivity index (χ1v) is 7.39. The first-order chi connectivity index (χ1) is 10.6. The van der Waals surface area contributed by atoms with Crippen LogP contribution in [0.15, 0.2) is 30.3 Å². The standard InChI is InChI=1S/C16H20N4O2/c1-11-14(12-6-4-3-5-7-12)19-20(2)15(11)18-16(21)17-13-8-9-22-10-13/h3-7,13H,8-10H2,1-2H3,(H2,17,18,21). The van der Waals surface area contributed by atoms with E-state index < -0.39 is 0 Å². The van der Waals surface area contributed by atoms with Crippen LogP contribution in [-0.2, 0) is 11.8 Å². The quantitative estimate of drug-likeness (QED) is 0.914. The van der Waals surface area contributed by atoms with Crippen LogP contribution >= 0.6 is 0 Å². The highest BCUT2D eigenvalue weighted by Gasteiger charge is 2.20. The molecule has 0 saturated carbocycles. The number of aryl methyl sites for hydroxylation is 1. The number of hydrogen-bond donors (Lipinski definition) is 2. The van der Waals surface area contributed by atoms with E-state index in [1.54, 1.807) is 4.68 Å². The SMILES string of the molecule is Cc1c(-c2ccccc2)nn(C)c1NC(=O)NC1CCOC1. The van der Waals surface area contributed by atoms with E-state index in [-0.39, 0.29) is 12.1 Å². The van der Waals surface area contributed by atoms with Gasteiger partial charge in [0, 0.05) is 24.8 Å². The molecule has 1 aliphatic rings. The van der Waals surface area contributed by atoms with Crippen molar-refractivity contribution in [1.82, 2.24) is 15.1 Å². The van der Waals surface area contributed by atoms with Crippen LogP contribution in [-0.4, -0.2) is 35.1 Å². The van der Waals surface area contributed by atoms with Crippen molar-refractivity contribution in [3.05, 3.63) is 35.9 Å². The number of benzene rings is 1. The lowest BCUT2D eigenvalue weighted by molar-refractivity contribution is 0.189. The summed E-state index contributed by atoms with van der Waals surface area (Å²) in [5.74, 6) is 0.704. The fraction of sp³-hybridized carbons (Fsp3) is 0.375. The van der Waals surface area contributed by atoms with Crippen LogP contribution in [0.5, 0.6) is 0 Å². The van der Waals surface area contributed by atoms with Gasteiger partial charge in [0.05, 0.1) is 18.3 Å². The molecule has 1 aromatic carbocycles. The lowest BCUT2D eigenvalue weighted by atomic mass is 10.1. The van der Waals surface area contributed by atoms with Crippen LogP contribution in [0.4, 0.5) is 10.6 Å². The molecule has 1 unspecified atom stereocenters. The van der Waals surface area contributed by atoms with Gasteiger partial charge in [-0.1, -0.05) is 30.3 Å². The Kier molecular flexibility index (Phi) is 4.11. The first-order valence-electron chi connectivity index (χ1n) is 7.39. The van der Waals surface area contributed by atoms with Crippen molar-refractivity contribution < 1.29 is 9.53 Å². The Labute approximate surface area is 129 Å². The van der Waals surface area contributed by atoms with E-state index in [1.807, 2.05) is 44.3 Å². The fourth-order valence-electron chi connectivity index (χ4n) is 2.65. The summed E-state index contributed by atoms with van der Waals surface area (Å²) in [6, 6.07) is 9.80. The van der Waals surface area contributed by atoms with Crippen molar-refractivity contribution in [2.24, 2.45) is 7.05 Å². The Morgan fingerprint density at radius 3 is 2.82 bits per heavy atom. The maximum Gasteiger partial charge on any atom is 0.320 e. The molecule has 6 heteroatoms. The number of carbonyl (C=O) groups is 1. The number of ether oxygens (including phenoxy) is 1. The molecule has 0 spiro atoms. The zero-order valence-electron chi connectivity index (χ0n) is 12.8. The summed E-state index contributed by atoms with van der Waals surface area (Å²) in [6.07, 6.45) is 0.854. The van der Waals surface area contributed by atoms with E-state index in [2.05, 4.69) is 15.7 Å². The van der Waals surface area contributed by atoms with Crippen molar-refractivity contribution in [1.29, 1.82) is 0 Å². The number of rotatable bonds is 3. The van der Waals surface area contributed by atoms with Crippen molar-refractivity contribution >= 4 is 11.8 Å². The molecular formula is C16H20N4O2. The molecule has 22 heavy (non-hydrogen) atoms. The van der Waals surface area contributed by atoms with Gasteiger partial charge in [0.1, 0.15) is 5.82 Å². The van der Waals surface area contributed by atoms with Crippen LogP contribution in [0.3, 0.4) is 0 Å². The Morgan fingerprint density at radius 2 is 2.14 bits per heavy atom. The van der Waals surface area contributed by atoms with Gasteiger partial charge in [0.15, 0.2) is 0 Å². The molecule has 2 heterocycles. The summed E-state index contributed by atoms with van der Waals surface area (Å²) >= 11 is 0. The van der Waals surface area contributed by atoms with Crippen LogP contribution in [0.2, 0.25) is 0 Å². The highest BCUT2D eigenvalue weighted by Crippen LogP contribution is 2.27. The number of amides is 2. The largest absolute Gasteiger partial charge is 0.379 e. The molecule has 3 rings (SSSR count). The molecule has 1 atom stereocenters. The van der Waals surface area contributed by atoms with Crippen LogP contribution in [0.1, 0.15) is 12.0 Å². The normalized spacial score (nSPS) is 17.5. The molecule has 0 bridgehead atoms. The Morgan fingerprint density at radius 1 is 1.36 bits per heavy atom. The van der Waals surface area contributed by atoms with Crippen molar-refractivity contribution in [3.8, 4) is 11.3 Å². The second kappa shape index (κ2) is 6.19. The minimum atomic E-state index is -0.221. The number of carbonyl (C=O) groups excluding carboxylic acids is 1. The van der Waals surface area contributed by atoms with Gasteiger partial charge in [-0.15, -0.1) is 0 Å². The molecule has 1 aliphatic heterocycles. The average Bonchev–Trinajstić information content (AvgIpc) is 3.11. The summed E-state index contributed by atoms with van der Waals surface area (Å²) < 4.78 is 6.95. The van der Waals surface area contributed by atoms with Gasteiger partial charge in [-0.25, -0.2) is 4.79 Å². The Hall–Kier alpha value is -2.34. The molecular weight excluding hydrogens is 280 g/mol. The minimum absolute atomic E-state index is 0.0853. The summed E-state index contributed by atoms with van der Waals surface area (Å²) in [5.41, 5.74) is 2.86. The third kappa shape index (κ3) is 2.96. The summed E-state index contributed by atoms with van der Waals surface area (Å²) in [4.78, 5) is 12.1. The Balaban J connectivity index is 1.76. The maximum atomic E-state index is 12.1. The van der Waals surface area contributed by atoms with E-state index in [0.29, 0.717) is 19.0 Å². The van der Waals surface area contributed by atoms with E-state index in [4.69, 9.17) is 4.74 Å². The Bertz CT molecular complexity index is 660. The number of urea groups is 1.